The van der Waals surface area contributed by atoms with E-state index in [-0.39, 0.29) is 17.9 Å². The summed E-state index contributed by atoms with van der Waals surface area (Å²) in [7, 11) is 1.62. The number of methoxy groups -OCH3 is 1. The van der Waals surface area contributed by atoms with Crippen LogP contribution < -0.4 is 9.64 Å². The molecular formula is C21H19Cl2N3O3. The van der Waals surface area contributed by atoms with Gasteiger partial charge in [0, 0.05) is 18.1 Å². The Bertz CT molecular complexity index is 997. The number of anilines is 1. The maximum Gasteiger partial charge on any atom is 0.253 e. The van der Waals surface area contributed by atoms with Crippen LogP contribution in [-0.4, -0.2) is 48.1 Å². The van der Waals surface area contributed by atoms with Gasteiger partial charge in [-0.25, -0.2) is 14.9 Å². The second kappa shape index (κ2) is 6.99. The van der Waals surface area contributed by atoms with Crippen LogP contribution in [0.4, 0.5) is 5.69 Å². The van der Waals surface area contributed by atoms with E-state index in [9.17, 15) is 9.59 Å². The first-order valence-electron chi connectivity index (χ1n) is 9.51. The first kappa shape index (κ1) is 18.9. The van der Waals surface area contributed by atoms with Gasteiger partial charge in [-0.3, -0.25) is 9.59 Å². The average Bonchev–Trinajstić information content (AvgIpc) is 3.35. The molecule has 5 rings (SSSR count). The second-order valence-electron chi connectivity index (χ2n) is 7.48. The van der Waals surface area contributed by atoms with Crippen molar-refractivity contribution in [2.75, 3.05) is 25.1 Å². The van der Waals surface area contributed by atoms with Crippen molar-refractivity contribution in [1.82, 2.24) is 10.0 Å². The van der Waals surface area contributed by atoms with E-state index in [4.69, 9.17) is 27.9 Å². The predicted molar refractivity (Wildman–Crippen MR) is 110 cm³/mol. The van der Waals surface area contributed by atoms with E-state index in [1.807, 2.05) is 24.3 Å². The highest BCUT2D eigenvalue weighted by Crippen LogP contribution is 2.49. The molecule has 3 aliphatic rings. The number of rotatable bonds is 3. The van der Waals surface area contributed by atoms with Gasteiger partial charge in [0.1, 0.15) is 11.8 Å². The van der Waals surface area contributed by atoms with Crippen molar-refractivity contribution < 1.29 is 14.3 Å². The van der Waals surface area contributed by atoms with Crippen LogP contribution in [0.15, 0.2) is 42.5 Å². The number of fused-ring (bicyclic) bond motifs is 3. The predicted octanol–water partition coefficient (Wildman–Crippen LogP) is 3.54. The van der Waals surface area contributed by atoms with E-state index < -0.39 is 12.0 Å². The van der Waals surface area contributed by atoms with Crippen LogP contribution in [-0.2, 0) is 9.59 Å². The minimum atomic E-state index is -0.510. The van der Waals surface area contributed by atoms with E-state index >= 15 is 0 Å². The number of hydrogen-bond donors (Lipinski definition) is 0. The van der Waals surface area contributed by atoms with E-state index in [2.05, 4.69) is 10.0 Å². The van der Waals surface area contributed by atoms with Crippen molar-refractivity contribution in [3.05, 3.63) is 58.1 Å². The molecule has 3 atom stereocenters. The van der Waals surface area contributed by atoms with E-state index in [1.165, 1.54) is 4.90 Å². The molecule has 0 unspecified atom stereocenters. The maximum absolute atomic E-state index is 13.5. The fourth-order valence-electron chi connectivity index (χ4n) is 4.81. The van der Waals surface area contributed by atoms with Crippen molar-refractivity contribution in [3.63, 3.8) is 0 Å². The third-order valence-electron chi connectivity index (χ3n) is 6.01. The molecule has 0 spiro atoms. The Kier molecular flexibility index (Phi) is 4.55. The van der Waals surface area contributed by atoms with Crippen LogP contribution >= 0.6 is 23.2 Å². The first-order chi connectivity index (χ1) is 14.0. The summed E-state index contributed by atoms with van der Waals surface area (Å²) >= 11 is 12.3. The van der Waals surface area contributed by atoms with Crippen molar-refractivity contribution in [2.24, 2.45) is 5.92 Å². The molecule has 6 nitrogen and oxygen atoms in total. The zero-order valence-electron chi connectivity index (χ0n) is 15.7. The Morgan fingerprint density at radius 3 is 2.28 bits per heavy atom. The third kappa shape index (κ3) is 2.78. The van der Waals surface area contributed by atoms with Gasteiger partial charge in [0.05, 0.1) is 29.8 Å². The smallest absolute Gasteiger partial charge is 0.253 e. The Morgan fingerprint density at radius 1 is 0.931 bits per heavy atom. The number of hydrogen-bond acceptors (Lipinski definition) is 5. The van der Waals surface area contributed by atoms with Gasteiger partial charge in [-0.2, -0.15) is 0 Å². The van der Waals surface area contributed by atoms with Crippen LogP contribution in [0.2, 0.25) is 10.0 Å². The molecule has 0 bridgehead atoms. The van der Waals surface area contributed by atoms with Crippen LogP contribution in [0, 0.1) is 5.92 Å². The molecule has 8 heteroatoms. The first-order valence-corrected chi connectivity index (χ1v) is 10.3. The lowest BCUT2D eigenvalue weighted by atomic mass is 9.90. The van der Waals surface area contributed by atoms with Crippen molar-refractivity contribution >= 4 is 40.7 Å². The number of benzene rings is 2. The summed E-state index contributed by atoms with van der Waals surface area (Å²) in [5.41, 5.74) is 1.38. The number of hydrazine groups is 1. The Hall–Kier alpha value is -2.12. The zero-order valence-corrected chi connectivity index (χ0v) is 17.2. The van der Waals surface area contributed by atoms with Crippen LogP contribution in [0.5, 0.6) is 5.75 Å². The summed E-state index contributed by atoms with van der Waals surface area (Å²) < 4.78 is 5.26. The fourth-order valence-corrected chi connectivity index (χ4v) is 5.31. The highest BCUT2D eigenvalue weighted by Gasteiger charge is 2.63. The molecule has 3 fully saturated rings. The van der Waals surface area contributed by atoms with Crippen LogP contribution in [0.3, 0.4) is 0 Å². The molecular weight excluding hydrogens is 413 g/mol. The van der Waals surface area contributed by atoms with Gasteiger partial charge in [-0.1, -0.05) is 35.3 Å². The molecule has 0 aliphatic carbocycles. The lowest BCUT2D eigenvalue weighted by molar-refractivity contribution is -0.126. The van der Waals surface area contributed by atoms with Gasteiger partial charge in [-0.05, 0) is 42.3 Å². The largest absolute Gasteiger partial charge is 0.497 e. The summed E-state index contributed by atoms with van der Waals surface area (Å²) in [5, 5.41) is 4.98. The highest BCUT2D eigenvalue weighted by molar-refractivity contribution is 6.38. The maximum atomic E-state index is 13.5. The number of halogens is 2. The molecule has 0 aromatic heterocycles. The SMILES string of the molecule is COc1ccc([C@H]2[C@@H]3C(=O)N(c4ccc(Cl)cc4Cl)C(=O)[C@H]3N3CCCN23)cc1. The zero-order chi connectivity index (χ0) is 20.3. The fraction of sp³-hybridized carbons (Fsp3) is 0.333. The van der Waals surface area contributed by atoms with Crippen molar-refractivity contribution in [2.45, 2.75) is 18.5 Å². The van der Waals surface area contributed by atoms with E-state index in [0.717, 1.165) is 30.8 Å². The number of imide groups is 1. The minimum Gasteiger partial charge on any atom is -0.497 e. The molecule has 3 heterocycles. The van der Waals surface area contributed by atoms with Gasteiger partial charge < -0.3 is 4.74 Å². The molecule has 2 aromatic carbocycles. The summed E-state index contributed by atoms with van der Waals surface area (Å²) in [6.07, 6.45) is 0.957. The van der Waals surface area contributed by atoms with Crippen LogP contribution in [0.25, 0.3) is 0 Å². The Balaban J connectivity index is 1.57. The molecule has 0 saturated carbocycles. The van der Waals surface area contributed by atoms with Crippen molar-refractivity contribution in [3.8, 4) is 5.75 Å². The number of ether oxygens (including phenoxy) is 1. The van der Waals surface area contributed by atoms with E-state index in [1.54, 1.807) is 25.3 Å². The Labute approximate surface area is 178 Å². The second-order valence-corrected chi connectivity index (χ2v) is 8.32. The van der Waals surface area contributed by atoms with Gasteiger partial charge in [0.2, 0.25) is 5.91 Å². The summed E-state index contributed by atoms with van der Waals surface area (Å²) in [4.78, 5) is 28.1. The molecule has 0 radical (unpaired) electrons. The lowest BCUT2D eigenvalue weighted by Crippen LogP contribution is -2.44. The average molecular weight is 432 g/mol. The number of carbonyl (C=O) groups is 2. The quantitative estimate of drug-likeness (QED) is 0.695. The molecule has 2 amide bonds. The molecule has 29 heavy (non-hydrogen) atoms. The molecule has 3 aliphatic heterocycles. The number of nitrogens with zero attached hydrogens (tertiary/aromatic N) is 3. The summed E-state index contributed by atoms with van der Waals surface area (Å²) in [6.45, 7) is 1.58. The summed E-state index contributed by atoms with van der Waals surface area (Å²) in [6, 6.07) is 11.8. The van der Waals surface area contributed by atoms with Gasteiger partial charge in [0.25, 0.3) is 5.91 Å². The third-order valence-corrected chi connectivity index (χ3v) is 6.55. The van der Waals surface area contributed by atoms with Gasteiger partial charge in [-0.15, -0.1) is 0 Å². The molecule has 3 saturated heterocycles. The van der Waals surface area contributed by atoms with Gasteiger partial charge in [0.15, 0.2) is 0 Å². The van der Waals surface area contributed by atoms with Gasteiger partial charge >= 0.3 is 0 Å². The number of amides is 2. The monoisotopic (exact) mass is 431 g/mol. The Morgan fingerprint density at radius 2 is 1.62 bits per heavy atom. The topological polar surface area (TPSA) is 53.1 Å². The highest BCUT2D eigenvalue weighted by atomic mass is 35.5. The minimum absolute atomic E-state index is 0.194. The lowest BCUT2D eigenvalue weighted by Gasteiger charge is -2.30. The molecule has 150 valence electrons. The van der Waals surface area contributed by atoms with E-state index in [0.29, 0.717) is 15.7 Å². The van der Waals surface area contributed by atoms with Crippen molar-refractivity contribution in [1.29, 1.82) is 0 Å². The molecule has 2 aromatic rings. The van der Waals surface area contributed by atoms with Crippen LogP contribution in [0.1, 0.15) is 18.0 Å². The summed E-state index contributed by atoms with van der Waals surface area (Å²) in [5.74, 6) is -0.181. The number of carbonyl (C=O) groups excluding carboxylic acids is 2. The molecule has 0 N–H and O–H groups in total. The standard InChI is InChI=1S/C21H19Cl2N3O3/c1-29-14-6-3-12(4-7-14)18-17-19(25-10-2-9-24(18)25)21(28)26(20(17)27)16-8-5-13(22)11-15(16)23/h3-8,11,17-19H,2,9-10H2,1H3/t17-,18-,19-/m0/s1. The normalized spacial score (nSPS) is 26.9.